The van der Waals surface area contributed by atoms with Crippen LogP contribution in [0.1, 0.15) is 30.1 Å². The summed E-state index contributed by atoms with van der Waals surface area (Å²) in [6.45, 7) is 2.41. The van der Waals surface area contributed by atoms with Crippen molar-refractivity contribution in [1.29, 1.82) is 0 Å². The van der Waals surface area contributed by atoms with Gasteiger partial charge in [-0.25, -0.2) is 4.39 Å². The van der Waals surface area contributed by atoms with E-state index in [1.54, 1.807) is 13.2 Å². The van der Waals surface area contributed by atoms with Crippen molar-refractivity contribution in [2.24, 2.45) is 0 Å². The van der Waals surface area contributed by atoms with Gasteiger partial charge in [-0.15, -0.1) is 12.4 Å². The molecule has 0 saturated carbocycles. The fraction of sp³-hybridized carbons (Fsp3) is 0.500. The first-order valence-corrected chi connectivity index (χ1v) is 7.49. The van der Waals surface area contributed by atoms with E-state index >= 15 is 0 Å². The van der Waals surface area contributed by atoms with Crippen LogP contribution in [0.4, 0.5) is 4.39 Å². The summed E-state index contributed by atoms with van der Waals surface area (Å²) in [6.07, 6.45) is 2.27. The van der Waals surface area contributed by atoms with Crippen LogP contribution in [0.15, 0.2) is 28.8 Å². The van der Waals surface area contributed by atoms with E-state index in [0.717, 1.165) is 31.5 Å². The van der Waals surface area contributed by atoms with Crippen molar-refractivity contribution < 1.29 is 13.7 Å². The van der Waals surface area contributed by atoms with Crippen LogP contribution in [-0.2, 0) is 16.6 Å². The number of halogens is 2. The Kier molecular flexibility index (Phi) is 6.10. The van der Waals surface area contributed by atoms with Gasteiger partial charge in [0.2, 0.25) is 5.89 Å². The molecule has 1 aromatic carbocycles. The molecule has 2 aromatic rings. The first kappa shape index (κ1) is 17.8. The Labute approximate surface area is 141 Å². The van der Waals surface area contributed by atoms with Crippen molar-refractivity contribution >= 4 is 12.4 Å². The SMILES string of the molecule is COCCC1(c2nc(Cc3cccc(F)c3)no2)CCNC1.Cl. The van der Waals surface area contributed by atoms with Crippen LogP contribution in [-0.4, -0.2) is 36.9 Å². The molecular weight excluding hydrogens is 321 g/mol. The maximum absolute atomic E-state index is 13.2. The Hall–Kier alpha value is -1.50. The third-order valence-corrected chi connectivity index (χ3v) is 4.20. The molecule has 1 unspecified atom stereocenters. The van der Waals surface area contributed by atoms with E-state index in [-0.39, 0.29) is 23.6 Å². The molecule has 1 aromatic heterocycles. The number of nitrogens with one attached hydrogen (secondary N) is 1. The van der Waals surface area contributed by atoms with Crippen LogP contribution >= 0.6 is 12.4 Å². The lowest BCUT2D eigenvalue weighted by atomic mass is 9.83. The van der Waals surface area contributed by atoms with Crippen LogP contribution < -0.4 is 5.32 Å². The molecule has 1 N–H and O–H groups in total. The van der Waals surface area contributed by atoms with Gasteiger partial charge in [-0.1, -0.05) is 17.3 Å². The van der Waals surface area contributed by atoms with Crippen LogP contribution in [0.2, 0.25) is 0 Å². The smallest absolute Gasteiger partial charge is 0.234 e. The molecule has 7 heteroatoms. The first-order chi connectivity index (χ1) is 10.7. The molecule has 5 nitrogen and oxygen atoms in total. The van der Waals surface area contributed by atoms with Crippen LogP contribution in [0, 0.1) is 5.82 Å². The predicted octanol–water partition coefficient (Wildman–Crippen LogP) is 2.49. The van der Waals surface area contributed by atoms with Crippen molar-refractivity contribution in [3.63, 3.8) is 0 Å². The topological polar surface area (TPSA) is 60.2 Å². The summed E-state index contributed by atoms with van der Waals surface area (Å²) in [5.41, 5.74) is 0.686. The van der Waals surface area contributed by atoms with Crippen molar-refractivity contribution in [1.82, 2.24) is 15.5 Å². The normalized spacial score (nSPS) is 20.4. The molecule has 0 bridgehead atoms. The Bertz CT molecular complexity index is 629. The average molecular weight is 342 g/mol. The molecule has 0 amide bonds. The number of benzene rings is 1. The zero-order valence-corrected chi connectivity index (χ0v) is 13.9. The lowest BCUT2D eigenvalue weighted by Gasteiger charge is -2.22. The lowest BCUT2D eigenvalue weighted by Crippen LogP contribution is -2.31. The summed E-state index contributed by atoms with van der Waals surface area (Å²) < 4.78 is 23.9. The summed E-state index contributed by atoms with van der Waals surface area (Å²) >= 11 is 0. The van der Waals surface area contributed by atoms with Crippen LogP contribution in [0.3, 0.4) is 0 Å². The monoisotopic (exact) mass is 341 g/mol. The van der Waals surface area contributed by atoms with Gasteiger partial charge >= 0.3 is 0 Å². The molecule has 0 aliphatic carbocycles. The largest absolute Gasteiger partial charge is 0.385 e. The van der Waals surface area contributed by atoms with Crippen molar-refractivity contribution in [2.45, 2.75) is 24.7 Å². The van der Waals surface area contributed by atoms with Gasteiger partial charge in [-0.3, -0.25) is 0 Å². The minimum atomic E-state index is -0.252. The van der Waals surface area contributed by atoms with Crippen molar-refractivity contribution in [3.05, 3.63) is 47.4 Å². The highest BCUT2D eigenvalue weighted by Crippen LogP contribution is 2.33. The maximum Gasteiger partial charge on any atom is 0.234 e. The molecule has 1 aliphatic heterocycles. The fourth-order valence-corrected chi connectivity index (χ4v) is 2.91. The van der Waals surface area contributed by atoms with Gasteiger partial charge in [0.05, 0.1) is 5.41 Å². The molecule has 0 spiro atoms. The minimum absolute atomic E-state index is 0. The van der Waals surface area contributed by atoms with Gasteiger partial charge in [0.1, 0.15) is 5.82 Å². The molecule has 1 atom stereocenters. The second-order valence-electron chi connectivity index (χ2n) is 5.77. The summed E-state index contributed by atoms with van der Waals surface area (Å²) in [5.74, 6) is 0.989. The van der Waals surface area contributed by atoms with Gasteiger partial charge < -0.3 is 14.6 Å². The second kappa shape index (κ2) is 7.86. The lowest BCUT2D eigenvalue weighted by molar-refractivity contribution is 0.157. The average Bonchev–Trinajstić information content (AvgIpc) is 3.15. The Morgan fingerprint density at radius 2 is 2.30 bits per heavy atom. The summed E-state index contributed by atoms with van der Waals surface area (Å²) in [5, 5.41) is 7.42. The predicted molar refractivity (Wildman–Crippen MR) is 86.4 cm³/mol. The van der Waals surface area contributed by atoms with Crippen LogP contribution in [0.5, 0.6) is 0 Å². The summed E-state index contributed by atoms with van der Waals surface area (Å²) in [6, 6.07) is 6.46. The third kappa shape index (κ3) is 4.07. The molecule has 23 heavy (non-hydrogen) atoms. The Balaban J connectivity index is 0.00000192. The van der Waals surface area contributed by atoms with Gasteiger partial charge in [-0.05, 0) is 37.1 Å². The Morgan fingerprint density at radius 3 is 3.00 bits per heavy atom. The molecular formula is C16H21ClFN3O2. The number of ether oxygens (including phenoxy) is 1. The highest BCUT2D eigenvalue weighted by atomic mass is 35.5. The molecule has 126 valence electrons. The quantitative estimate of drug-likeness (QED) is 0.874. The van der Waals surface area contributed by atoms with E-state index in [9.17, 15) is 4.39 Å². The van der Waals surface area contributed by atoms with Gasteiger partial charge in [0, 0.05) is 26.7 Å². The molecule has 2 heterocycles. The van der Waals surface area contributed by atoms with E-state index in [0.29, 0.717) is 24.7 Å². The van der Waals surface area contributed by atoms with Crippen molar-refractivity contribution in [2.75, 3.05) is 26.8 Å². The molecule has 3 rings (SSSR count). The highest BCUT2D eigenvalue weighted by Gasteiger charge is 2.40. The second-order valence-corrected chi connectivity index (χ2v) is 5.77. The summed E-state index contributed by atoms with van der Waals surface area (Å²) in [4.78, 5) is 4.55. The van der Waals surface area contributed by atoms with Gasteiger partial charge in [0.25, 0.3) is 0 Å². The number of nitrogens with zero attached hydrogens (tertiary/aromatic N) is 2. The number of aromatic nitrogens is 2. The van der Waals surface area contributed by atoms with Gasteiger partial charge in [-0.2, -0.15) is 4.98 Å². The molecule has 1 aliphatic rings. The standard InChI is InChI=1S/C16H20FN3O2.ClH/c1-21-8-6-16(5-7-18-11-16)15-19-14(20-22-15)10-12-3-2-4-13(17)9-12;/h2-4,9,18H,5-8,10-11H2,1H3;1H. The van der Waals surface area contributed by atoms with Crippen molar-refractivity contribution in [3.8, 4) is 0 Å². The van der Waals surface area contributed by atoms with E-state index in [2.05, 4.69) is 15.5 Å². The number of rotatable bonds is 6. The van der Waals surface area contributed by atoms with E-state index in [1.807, 2.05) is 6.07 Å². The minimum Gasteiger partial charge on any atom is -0.385 e. The van der Waals surface area contributed by atoms with E-state index < -0.39 is 0 Å². The number of methoxy groups -OCH3 is 1. The van der Waals surface area contributed by atoms with E-state index in [1.165, 1.54) is 12.1 Å². The maximum atomic E-state index is 13.2. The molecule has 1 saturated heterocycles. The zero-order chi connectivity index (χ0) is 15.4. The van der Waals surface area contributed by atoms with Crippen LogP contribution in [0.25, 0.3) is 0 Å². The van der Waals surface area contributed by atoms with E-state index in [4.69, 9.17) is 9.26 Å². The zero-order valence-electron chi connectivity index (χ0n) is 13.0. The van der Waals surface area contributed by atoms with Gasteiger partial charge in [0.15, 0.2) is 5.82 Å². The number of hydrogen-bond acceptors (Lipinski definition) is 5. The molecule has 0 radical (unpaired) electrons. The number of hydrogen-bond donors (Lipinski definition) is 1. The first-order valence-electron chi connectivity index (χ1n) is 7.49. The Morgan fingerprint density at radius 1 is 1.43 bits per heavy atom. The molecule has 1 fully saturated rings. The third-order valence-electron chi connectivity index (χ3n) is 4.20. The summed E-state index contributed by atoms with van der Waals surface area (Å²) in [7, 11) is 1.69. The fourth-order valence-electron chi connectivity index (χ4n) is 2.91. The highest BCUT2D eigenvalue weighted by molar-refractivity contribution is 5.85.